The number of rotatable bonds is 4. The van der Waals surface area contributed by atoms with Crippen molar-refractivity contribution in [2.75, 3.05) is 11.1 Å². The summed E-state index contributed by atoms with van der Waals surface area (Å²) in [5.74, 6) is 0.0321. The molecule has 0 saturated heterocycles. The van der Waals surface area contributed by atoms with Crippen LogP contribution in [0.5, 0.6) is 0 Å². The zero-order chi connectivity index (χ0) is 17.1. The summed E-state index contributed by atoms with van der Waals surface area (Å²) < 4.78 is 1.49. The summed E-state index contributed by atoms with van der Waals surface area (Å²) in [5.41, 5.74) is 6.10. The summed E-state index contributed by atoms with van der Waals surface area (Å²) in [6, 6.07) is 9.05. The minimum absolute atomic E-state index is 0.0230. The number of carbonyl (C=O) groups excluding carboxylic acids is 1. The van der Waals surface area contributed by atoms with E-state index in [-0.39, 0.29) is 16.9 Å². The summed E-state index contributed by atoms with van der Waals surface area (Å²) in [6.45, 7) is 0. The Morgan fingerprint density at radius 2 is 2.12 bits per heavy atom. The van der Waals surface area contributed by atoms with E-state index >= 15 is 0 Å². The van der Waals surface area contributed by atoms with Crippen LogP contribution in [0.15, 0.2) is 55.0 Å². The number of nitrogens with zero attached hydrogens (tertiary/aromatic N) is 4. The van der Waals surface area contributed by atoms with E-state index in [1.807, 2.05) is 6.07 Å². The van der Waals surface area contributed by atoms with Gasteiger partial charge in [0.25, 0.3) is 11.6 Å². The Kier molecular flexibility index (Phi) is 3.89. The number of nitro groups is 1. The van der Waals surface area contributed by atoms with Crippen LogP contribution in [-0.2, 0) is 0 Å². The number of amides is 1. The number of non-ortho nitro benzene ring substituents is 1. The molecule has 0 unspecified atom stereocenters. The van der Waals surface area contributed by atoms with Crippen molar-refractivity contribution in [2.24, 2.45) is 0 Å². The van der Waals surface area contributed by atoms with Gasteiger partial charge < -0.3 is 11.1 Å². The van der Waals surface area contributed by atoms with Gasteiger partial charge >= 0.3 is 0 Å². The standard InChI is InChI=1S/C15H12N6O3/c16-13-5-4-11(21(23)24)7-12(13)15(22)19-10-8-18-20(9-10)14-3-1-2-6-17-14/h1-9H,16H2,(H,19,22). The second kappa shape index (κ2) is 6.16. The number of anilines is 2. The minimum atomic E-state index is -0.588. The average Bonchev–Trinajstić information content (AvgIpc) is 3.04. The number of hydrogen-bond acceptors (Lipinski definition) is 6. The van der Waals surface area contributed by atoms with Gasteiger partial charge in [-0.25, -0.2) is 9.67 Å². The fraction of sp³-hybridized carbons (Fsp3) is 0. The first-order valence-electron chi connectivity index (χ1n) is 6.86. The van der Waals surface area contributed by atoms with Crippen molar-refractivity contribution in [1.82, 2.24) is 14.8 Å². The van der Waals surface area contributed by atoms with E-state index in [1.54, 1.807) is 24.5 Å². The van der Waals surface area contributed by atoms with Gasteiger partial charge in [0.1, 0.15) is 0 Å². The van der Waals surface area contributed by atoms with Crippen LogP contribution in [0.25, 0.3) is 5.82 Å². The molecule has 9 nitrogen and oxygen atoms in total. The van der Waals surface area contributed by atoms with Crippen molar-refractivity contribution < 1.29 is 9.72 Å². The van der Waals surface area contributed by atoms with Gasteiger partial charge in [0.15, 0.2) is 5.82 Å². The maximum absolute atomic E-state index is 12.3. The van der Waals surface area contributed by atoms with E-state index < -0.39 is 10.8 Å². The molecule has 2 heterocycles. The van der Waals surface area contributed by atoms with Crippen molar-refractivity contribution in [3.8, 4) is 5.82 Å². The van der Waals surface area contributed by atoms with E-state index in [0.29, 0.717) is 11.5 Å². The number of nitrogens with two attached hydrogens (primary N) is 1. The third-order valence-corrected chi connectivity index (χ3v) is 3.22. The van der Waals surface area contributed by atoms with E-state index in [1.165, 1.54) is 23.0 Å². The largest absolute Gasteiger partial charge is 0.398 e. The van der Waals surface area contributed by atoms with Gasteiger partial charge in [0, 0.05) is 24.0 Å². The Bertz CT molecular complexity index is 907. The molecule has 0 aliphatic carbocycles. The van der Waals surface area contributed by atoms with Crippen molar-refractivity contribution in [1.29, 1.82) is 0 Å². The quantitative estimate of drug-likeness (QED) is 0.429. The van der Waals surface area contributed by atoms with Gasteiger partial charge in [-0.15, -0.1) is 0 Å². The van der Waals surface area contributed by atoms with E-state index in [2.05, 4.69) is 15.4 Å². The average molecular weight is 324 g/mol. The molecule has 9 heteroatoms. The van der Waals surface area contributed by atoms with Crippen molar-refractivity contribution in [2.45, 2.75) is 0 Å². The molecular formula is C15H12N6O3. The molecule has 2 aromatic heterocycles. The molecular weight excluding hydrogens is 312 g/mol. The lowest BCUT2D eigenvalue weighted by molar-refractivity contribution is -0.384. The molecule has 0 bridgehead atoms. The SMILES string of the molecule is Nc1ccc([N+](=O)[O-])cc1C(=O)Nc1cnn(-c2ccccn2)c1. The third-order valence-electron chi connectivity index (χ3n) is 3.22. The topological polar surface area (TPSA) is 129 Å². The molecule has 1 amide bonds. The minimum Gasteiger partial charge on any atom is -0.398 e. The molecule has 1 aromatic carbocycles. The summed E-state index contributed by atoms with van der Waals surface area (Å²) in [7, 11) is 0. The second-order valence-electron chi connectivity index (χ2n) is 4.84. The Hall–Kier alpha value is -3.75. The fourth-order valence-electron chi connectivity index (χ4n) is 2.05. The summed E-state index contributed by atoms with van der Waals surface area (Å²) >= 11 is 0. The highest BCUT2D eigenvalue weighted by molar-refractivity contribution is 6.08. The first-order chi connectivity index (χ1) is 11.5. The van der Waals surface area contributed by atoms with Gasteiger partial charge in [-0.2, -0.15) is 5.10 Å². The van der Waals surface area contributed by atoms with E-state index in [9.17, 15) is 14.9 Å². The molecule has 0 saturated carbocycles. The number of nitrogen functional groups attached to an aromatic ring is 1. The van der Waals surface area contributed by atoms with Crippen LogP contribution in [0.1, 0.15) is 10.4 Å². The monoisotopic (exact) mass is 324 g/mol. The van der Waals surface area contributed by atoms with Crippen LogP contribution < -0.4 is 11.1 Å². The summed E-state index contributed by atoms with van der Waals surface area (Å²) in [5, 5.41) is 17.5. The highest BCUT2D eigenvalue weighted by Crippen LogP contribution is 2.21. The van der Waals surface area contributed by atoms with Gasteiger partial charge in [0.05, 0.1) is 28.6 Å². The molecule has 3 rings (SSSR count). The Balaban J connectivity index is 1.82. The third kappa shape index (κ3) is 3.04. The normalized spacial score (nSPS) is 10.3. The number of nitro benzene ring substituents is 1. The molecule has 0 aliphatic rings. The first-order valence-corrected chi connectivity index (χ1v) is 6.86. The highest BCUT2D eigenvalue weighted by Gasteiger charge is 2.16. The lowest BCUT2D eigenvalue weighted by atomic mass is 10.1. The van der Waals surface area contributed by atoms with Crippen molar-refractivity contribution in [3.05, 3.63) is 70.7 Å². The van der Waals surface area contributed by atoms with Crippen LogP contribution in [0.4, 0.5) is 17.1 Å². The second-order valence-corrected chi connectivity index (χ2v) is 4.84. The highest BCUT2D eigenvalue weighted by atomic mass is 16.6. The zero-order valence-electron chi connectivity index (χ0n) is 12.3. The zero-order valence-corrected chi connectivity index (χ0v) is 12.3. The molecule has 3 aromatic rings. The predicted octanol–water partition coefficient (Wildman–Crippen LogP) is 2.01. The predicted molar refractivity (Wildman–Crippen MR) is 86.8 cm³/mol. The number of aromatic nitrogens is 3. The van der Waals surface area contributed by atoms with Crippen LogP contribution in [0, 0.1) is 10.1 Å². The van der Waals surface area contributed by atoms with Crippen molar-refractivity contribution in [3.63, 3.8) is 0 Å². The Morgan fingerprint density at radius 1 is 1.29 bits per heavy atom. The first kappa shape index (κ1) is 15.2. The summed E-state index contributed by atoms with van der Waals surface area (Å²) in [4.78, 5) is 26.7. The molecule has 3 N–H and O–H groups in total. The van der Waals surface area contributed by atoms with Crippen LogP contribution in [-0.4, -0.2) is 25.6 Å². The maximum atomic E-state index is 12.3. The maximum Gasteiger partial charge on any atom is 0.270 e. The Morgan fingerprint density at radius 3 is 2.83 bits per heavy atom. The van der Waals surface area contributed by atoms with Gasteiger partial charge in [-0.05, 0) is 18.2 Å². The fourth-order valence-corrected chi connectivity index (χ4v) is 2.05. The molecule has 0 atom stereocenters. The molecule has 0 spiro atoms. The number of hydrogen-bond donors (Lipinski definition) is 2. The molecule has 0 aliphatic heterocycles. The smallest absolute Gasteiger partial charge is 0.270 e. The van der Waals surface area contributed by atoms with E-state index in [4.69, 9.17) is 5.73 Å². The Labute approximate surface area is 135 Å². The van der Waals surface area contributed by atoms with Crippen molar-refractivity contribution >= 4 is 23.0 Å². The summed E-state index contributed by atoms with van der Waals surface area (Å²) in [6.07, 6.45) is 4.65. The molecule has 0 fully saturated rings. The molecule has 120 valence electrons. The van der Waals surface area contributed by atoms with E-state index in [0.717, 1.165) is 6.07 Å². The lowest BCUT2D eigenvalue weighted by Gasteiger charge is -2.05. The van der Waals surface area contributed by atoms with Crippen LogP contribution in [0.2, 0.25) is 0 Å². The van der Waals surface area contributed by atoms with Crippen LogP contribution in [0.3, 0.4) is 0 Å². The lowest BCUT2D eigenvalue weighted by Crippen LogP contribution is -2.14. The van der Waals surface area contributed by atoms with Gasteiger partial charge in [-0.1, -0.05) is 6.07 Å². The van der Waals surface area contributed by atoms with Gasteiger partial charge in [0.2, 0.25) is 0 Å². The number of nitrogens with one attached hydrogen (secondary N) is 1. The van der Waals surface area contributed by atoms with Crippen LogP contribution >= 0.6 is 0 Å². The number of benzene rings is 1. The number of carbonyl (C=O) groups is 1. The number of pyridine rings is 1. The van der Waals surface area contributed by atoms with Gasteiger partial charge in [-0.3, -0.25) is 14.9 Å². The molecule has 24 heavy (non-hydrogen) atoms. The molecule has 0 radical (unpaired) electrons.